The number of amides is 2. The summed E-state index contributed by atoms with van der Waals surface area (Å²) in [5, 5.41) is 7.22. The third-order valence-electron chi connectivity index (χ3n) is 4.43. The number of rotatable bonds is 3. The molecule has 1 aliphatic carbocycles. The second-order valence-corrected chi connectivity index (χ2v) is 6.49. The molecular formula is C19H16FN5O2. The van der Waals surface area contributed by atoms with Crippen LogP contribution in [0, 0.1) is 5.82 Å². The molecule has 1 saturated carbocycles. The van der Waals surface area contributed by atoms with Gasteiger partial charge in [-0.1, -0.05) is 6.58 Å². The van der Waals surface area contributed by atoms with Crippen LogP contribution in [-0.2, 0) is 4.79 Å². The molecule has 1 N–H and O–H groups in total. The Bertz CT molecular complexity index is 1030. The van der Waals surface area contributed by atoms with E-state index in [9.17, 15) is 14.0 Å². The number of halogens is 1. The molecule has 2 aromatic rings. The Labute approximate surface area is 154 Å². The lowest BCUT2D eigenvalue weighted by molar-refractivity contribution is -0.113. The molecule has 0 radical (unpaired) electrons. The Morgan fingerprint density at radius 2 is 1.96 bits per heavy atom. The fraction of sp³-hybridized carbons (Fsp3) is 0.211. The van der Waals surface area contributed by atoms with Gasteiger partial charge in [-0.15, -0.1) is 0 Å². The van der Waals surface area contributed by atoms with Gasteiger partial charge in [-0.2, -0.15) is 14.8 Å². The van der Waals surface area contributed by atoms with Crippen molar-refractivity contribution in [3.8, 4) is 0 Å². The van der Waals surface area contributed by atoms with Crippen LogP contribution in [0.1, 0.15) is 41.7 Å². The van der Waals surface area contributed by atoms with Gasteiger partial charge in [0.2, 0.25) is 0 Å². The molecule has 1 aliphatic heterocycles. The zero-order valence-corrected chi connectivity index (χ0v) is 14.6. The Morgan fingerprint density at radius 3 is 2.59 bits per heavy atom. The predicted octanol–water partition coefficient (Wildman–Crippen LogP) is 2.91. The number of nitrogens with one attached hydrogen (secondary N) is 1. The third kappa shape index (κ3) is 3.33. The van der Waals surface area contributed by atoms with Crippen LogP contribution >= 0.6 is 0 Å². The van der Waals surface area contributed by atoms with Crippen LogP contribution in [0.4, 0.5) is 10.2 Å². The largest absolute Gasteiger partial charge is 0.306 e. The van der Waals surface area contributed by atoms with Gasteiger partial charge in [-0.05, 0) is 44.0 Å². The van der Waals surface area contributed by atoms with Gasteiger partial charge in [0.25, 0.3) is 17.8 Å². The highest BCUT2D eigenvalue weighted by Gasteiger charge is 2.29. The number of carbonyl (C=O) groups excluding carboxylic acids is 2. The normalized spacial score (nSPS) is 16.8. The maximum atomic E-state index is 13.1. The maximum absolute atomic E-state index is 13.1. The highest BCUT2D eigenvalue weighted by atomic mass is 19.1. The Kier molecular flexibility index (Phi) is 4.02. The van der Waals surface area contributed by atoms with E-state index in [1.54, 1.807) is 13.0 Å². The van der Waals surface area contributed by atoms with Gasteiger partial charge in [-0.25, -0.2) is 9.38 Å². The van der Waals surface area contributed by atoms with E-state index in [4.69, 9.17) is 0 Å². The first kappa shape index (κ1) is 17.0. The van der Waals surface area contributed by atoms with Crippen LogP contribution in [0.2, 0.25) is 0 Å². The Balaban J connectivity index is 1.69. The summed E-state index contributed by atoms with van der Waals surface area (Å²) in [6.45, 7) is 5.31. The summed E-state index contributed by atoms with van der Waals surface area (Å²) in [5.74, 6) is -0.587. The van der Waals surface area contributed by atoms with Crippen LogP contribution in [-0.4, -0.2) is 33.3 Å². The molecule has 2 aliphatic rings. The van der Waals surface area contributed by atoms with Crippen molar-refractivity contribution in [2.45, 2.75) is 25.7 Å². The standard InChI is InChI=1S/C19H16FN5O2/c1-10-11(2)21-19(23-17(10)26)25-16(9-15(24-25)12-3-4-12)22-18(27)13-5-7-14(20)8-6-13/h5-9,12H,1,3-4H2,2H3,(H,22,27). The minimum Gasteiger partial charge on any atom is -0.306 e. The number of aliphatic imine (C=N–C) groups is 2. The first-order valence-electron chi connectivity index (χ1n) is 8.47. The fourth-order valence-electron chi connectivity index (χ4n) is 2.66. The highest BCUT2D eigenvalue weighted by Crippen LogP contribution is 2.40. The van der Waals surface area contributed by atoms with E-state index in [1.165, 1.54) is 28.9 Å². The van der Waals surface area contributed by atoms with E-state index < -0.39 is 17.6 Å². The van der Waals surface area contributed by atoms with Gasteiger partial charge in [-0.3, -0.25) is 9.59 Å². The smallest absolute Gasteiger partial charge is 0.281 e. The van der Waals surface area contributed by atoms with Crippen LogP contribution < -0.4 is 5.32 Å². The van der Waals surface area contributed by atoms with E-state index in [2.05, 4.69) is 27.0 Å². The summed E-state index contributed by atoms with van der Waals surface area (Å²) >= 11 is 0. The summed E-state index contributed by atoms with van der Waals surface area (Å²) < 4.78 is 14.4. The molecule has 1 aromatic heterocycles. The summed E-state index contributed by atoms with van der Waals surface area (Å²) in [5.41, 5.74) is 1.78. The number of hydrogen-bond donors (Lipinski definition) is 1. The molecule has 2 amide bonds. The highest BCUT2D eigenvalue weighted by molar-refractivity contribution is 6.28. The summed E-state index contributed by atoms with van der Waals surface area (Å²) in [6, 6.07) is 6.96. The Morgan fingerprint density at radius 1 is 1.26 bits per heavy atom. The third-order valence-corrected chi connectivity index (χ3v) is 4.43. The van der Waals surface area contributed by atoms with Crippen molar-refractivity contribution in [1.82, 2.24) is 9.78 Å². The quantitative estimate of drug-likeness (QED) is 0.848. The van der Waals surface area contributed by atoms with Crippen LogP contribution in [0.25, 0.3) is 0 Å². The number of benzene rings is 1. The second-order valence-electron chi connectivity index (χ2n) is 6.49. The summed E-state index contributed by atoms with van der Waals surface area (Å²) in [7, 11) is 0. The van der Waals surface area contributed by atoms with Crippen molar-refractivity contribution in [2.24, 2.45) is 9.98 Å². The predicted molar refractivity (Wildman–Crippen MR) is 98.6 cm³/mol. The summed E-state index contributed by atoms with van der Waals surface area (Å²) in [6.07, 6.45) is 2.04. The molecule has 0 saturated heterocycles. The minimum absolute atomic E-state index is 0.0752. The molecule has 7 nitrogen and oxygen atoms in total. The maximum Gasteiger partial charge on any atom is 0.281 e. The van der Waals surface area contributed by atoms with Crippen LogP contribution in [0.3, 0.4) is 0 Å². The average Bonchev–Trinajstić information content (AvgIpc) is 3.41. The second kappa shape index (κ2) is 6.39. The van der Waals surface area contributed by atoms with Gasteiger partial charge >= 0.3 is 0 Å². The summed E-state index contributed by atoms with van der Waals surface area (Å²) in [4.78, 5) is 32.7. The SMILES string of the molecule is C=C1C(=O)N=C(n2nc(C3CC3)cc2NC(=O)c2ccc(F)cc2)N=C1C. The molecule has 0 unspecified atom stereocenters. The lowest BCUT2D eigenvalue weighted by Crippen LogP contribution is -2.25. The number of hydrogen-bond acceptors (Lipinski definition) is 4. The molecule has 0 atom stereocenters. The van der Waals surface area contributed by atoms with Crippen molar-refractivity contribution in [2.75, 3.05) is 5.32 Å². The molecule has 1 fully saturated rings. The Hall–Kier alpha value is -3.42. The van der Waals surface area contributed by atoms with Gasteiger partial charge in [0.05, 0.1) is 17.0 Å². The molecule has 1 aromatic carbocycles. The first-order valence-corrected chi connectivity index (χ1v) is 8.47. The topological polar surface area (TPSA) is 88.7 Å². The monoisotopic (exact) mass is 365 g/mol. The van der Waals surface area contributed by atoms with E-state index in [1.807, 2.05) is 0 Å². The van der Waals surface area contributed by atoms with Crippen molar-refractivity contribution in [3.05, 3.63) is 59.6 Å². The fourth-order valence-corrected chi connectivity index (χ4v) is 2.66. The number of nitrogens with zero attached hydrogens (tertiary/aromatic N) is 4. The van der Waals surface area contributed by atoms with Crippen LogP contribution in [0.5, 0.6) is 0 Å². The molecule has 8 heteroatoms. The van der Waals surface area contributed by atoms with Gasteiger partial charge in [0, 0.05) is 17.5 Å². The van der Waals surface area contributed by atoms with E-state index in [0.717, 1.165) is 18.5 Å². The lowest BCUT2D eigenvalue weighted by Gasteiger charge is -2.12. The molecule has 0 spiro atoms. The van der Waals surface area contributed by atoms with Gasteiger partial charge < -0.3 is 5.32 Å². The van der Waals surface area contributed by atoms with E-state index >= 15 is 0 Å². The van der Waals surface area contributed by atoms with Crippen molar-refractivity contribution in [3.63, 3.8) is 0 Å². The van der Waals surface area contributed by atoms with Crippen molar-refractivity contribution < 1.29 is 14.0 Å². The van der Waals surface area contributed by atoms with Gasteiger partial charge in [0.15, 0.2) is 0 Å². The number of aromatic nitrogens is 2. The zero-order chi connectivity index (χ0) is 19.1. The minimum atomic E-state index is -0.489. The van der Waals surface area contributed by atoms with Crippen molar-refractivity contribution >= 4 is 29.3 Å². The van der Waals surface area contributed by atoms with Crippen LogP contribution in [0.15, 0.2) is 52.5 Å². The average molecular weight is 365 g/mol. The molecule has 0 bridgehead atoms. The zero-order valence-electron chi connectivity index (χ0n) is 14.6. The molecule has 27 heavy (non-hydrogen) atoms. The van der Waals surface area contributed by atoms with Crippen molar-refractivity contribution in [1.29, 1.82) is 0 Å². The molecule has 4 rings (SSSR count). The van der Waals surface area contributed by atoms with E-state index in [-0.39, 0.29) is 11.5 Å². The number of anilines is 1. The lowest BCUT2D eigenvalue weighted by atomic mass is 10.2. The van der Waals surface area contributed by atoms with Gasteiger partial charge in [0.1, 0.15) is 11.6 Å². The molecule has 136 valence electrons. The van der Waals surface area contributed by atoms with E-state index in [0.29, 0.717) is 23.0 Å². The number of carbonyl (C=O) groups is 2. The molecule has 2 heterocycles. The molecular weight excluding hydrogens is 349 g/mol. The first-order chi connectivity index (χ1) is 12.9.